The van der Waals surface area contributed by atoms with Gasteiger partial charge in [-0.2, -0.15) is 5.10 Å². The lowest BCUT2D eigenvalue weighted by atomic mass is 9.88. The summed E-state index contributed by atoms with van der Waals surface area (Å²) in [6.45, 7) is 10.5. The summed E-state index contributed by atoms with van der Waals surface area (Å²) in [7, 11) is 0. The molecule has 2 aliphatic carbocycles. The minimum atomic E-state index is -1.11. The van der Waals surface area contributed by atoms with Gasteiger partial charge in [-0.15, -0.1) is 4.72 Å². The summed E-state index contributed by atoms with van der Waals surface area (Å²) in [4.78, 5) is 0. The van der Waals surface area contributed by atoms with Gasteiger partial charge in [0, 0.05) is 35.6 Å². The maximum Gasteiger partial charge on any atom is 0.136 e. The Morgan fingerprint density at radius 2 is 2.04 bits per heavy atom. The van der Waals surface area contributed by atoms with Gasteiger partial charge in [-0.25, -0.2) is 0 Å². The molecule has 2 fully saturated rings. The van der Waals surface area contributed by atoms with Crippen molar-refractivity contribution in [2.45, 2.75) is 76.1 Å². The summed E-state index contributed by atoms with van der Waals surface area (Å²) in [5, 5.41) is 14.2. The van der Waals surface area contributed by atoms with Gasteiger partial charge in [-0.1, -0.05) is 0 Å². The molecule has 5 atom stereocenters. The van der Waals surface area contributed by atoms with Gasteiger partial charge in [0.15, 0.2) is 0 Å². The molecule has 25 heavy (non-hydrogen) atoms. The Morgan fingerprint density at radius 1 is 1.44 bits per heavy atom. The zero-order valence-electron chi connectivity index (χ0n) is 15.8. The van der Waals surface area contributed by atoms with Crippen molar-refractivity contribution in [3.63, 3.8) is 0 Å². The van der Waals surface area contributed by atoms with Crippen LogP contribution in [0.3, 0.4) is 0 Å². The van der Waals surface area contributed by atoms with Crippen LogP contribution in [0.25, 0.3) is 0 Å². The van der Waals surface area contributed by atoms with Crippen LogP contribution in [0.5, 0.6) is 0 Å². The monoisotopic (exact) mass is 479 g/mol. The van der Waals surface area contributed by atoms with Crippen LogP contribution >= 0.6 is 22.6 Å². The van der Waals surface area contributed by atoms with Crippen molar-refractivity contribution >= 4 is 34.0 Å². The van der Waals surface area contributed by atoms with E-state index in [-0.39, 0.29) is 16.9 Å². The van der Waals surface area contributed by atoms with E-state index in [4.69, 9.17) is 0 Å². The Balaban J connectivity index is 1.73. The molecule has 2 N–H and O–H groups in total. The van der Waals surface area contributed by atoms with Gasteiger partial charge in [0.2, 0.25) is 0 Å². The molecular formula is C18H30IN3O2S. The molecule has 2 saturated carbocycles. The van der Waals surface area contributed by atoms with E-state index in [1.54, 1.807) is 0 Å². The van der Waals surface area contributed by atoms with E-state index >= 15 is 0 Å². The average Bonchev–Trinajstić information content (AvgIpc) is 2.82. The highest BCUT2D eigenvalue weighted by molar-refractivity contribution is 14.1. The molecule has 1 unspecified atom stereocenters. The molecule has 0 radical (unpaired) electrons. The fraction of sp³-hybridized carbons (Fsp3) is 0.833. The topological polar surface area (TPSA) is 73.1 Å². The summed E-state index contributed by atoms with van der Waals surface area (Å²) in [6.07, 6.45) is 2.66. The van der Waals surface area contributed by atoms with Crippen molar-refractivity contribution in [2.24, 2.45) is 11.8 Å². The van der Waals surface area contributed by atoms with E-state index < -0.39 is 11.4 Å². The lowest BCUT2D eigenvalue weighted by Gasteiger charge is -2.36. The summed E-state index contributed by atoms with van der Waals surface area (Å²) in [5.74, 6) is 1.79. The Morgan fingerprint density at radius 3 is 2.52 bits per heavy atom. The molecule has 1 heterocycles. The standard InChI is InChI=1S/C18H30IN3O2S/c1-11(2)22-14(8-15(19)20-22)16-12-9-18(6-7-23,10-13(12)16)21-25(24)17(3,4)5/h8,11-13,16,21,23H,6-7,9-10H2,1-5H3/t12-,13+,16+,18+,25?. The molecule has 0 saturated heterocycles. The molecule has 2 aliphatic rings. The second-order valence-electron chi connectivity index (χ2n) is 8.93. The first-order valence-electron chi connectivity index (χ1n) is 9.13. The fourth-order valence-electron chi connectivity index (χ4n) is 4.37. The third kappa shape index (κ3) is 3.90. The van der Waals surface area contributed by atoms with Crippen LogP contribution in [-0.2, 0) is 11.4 Å². The minimum absolute atomic E-state index is 0.139. The zero-order chi connectivity index (χ0) is 18.6. The number of hydrogen-bond acceptors (Lipinski definition) is 4. The van der Waals surface area contributed by atoms with E-state index in [2.05, 4.69) is 57.0 Å². The van der Waals surface area contributed by atoms with Gasteiger partial charge in [0.05, 0.1) is 5.54 Å². The average molecular weight is 479 g/mol. The lowest BCUT2D eigenvalue weighted by Crippen LogP contribution is -2.53. The second kappa shape index (κ2) is 6.96. The molecule has 0 amide bonds. The third-order valence-corrected chi connectivity index (χ3v) is 7.86. The highest BCUT2D eigenvalue weighted by atomic mass is 127. The van der Waals surface area contributed by atoms with Crippen LogP contribution in [0.1, 0.15) is 71.5 Å². The van der Waals surface area contributed by atoms with Gasteiger partial charge in [0.1, 0.15) is 8.45 Å². The van der Waals surface area contributed by atoms with E-state index in [0.29, 0.717) is 30.2 Å². The molecular weight excluding hydrogens is 449 g/mol. The lowest BCUT2D eigenvalue weighted by molar-refractivity contribution is 0.215. The van der Waals surface area contributed by atoms with E-state index in [0.717, 1.165) is 16.5 Å². The Labute approximate surface area is 167 Å². The van der Waals surface area contributed by atoms with Crippen LogP contribution in [-0.4, -0.2) is 36.3 Å². The normalized spacial score (nSPS) is 32.9. The van der Waals surface area contributed by atoms with Crippen LogP contribution in [0, 0.1) is 15.5 Å². The number of aromatic nitrogens is 2. The Bertz CT molecular complexity index is 616. The van der Waals surface area contributed by atoms with Crippen LogP contribution in [0.4, 0.5) is 0 Å². The van der Waals surface area contributed by atoms with Gasteiger partial charge in [-0.3, -0.25) is 4.68 Å². The minimum Gasteiger partial charge on any atom is -0.598 e. The van der Waals surface area contributed by atoms with Crippen molar-refractivity contribution in [3.05, 3.63) is 15.5 Å². The molecule has 0 aromatic carbocycles. The largest absolute Gasteiger partial charge is 0.598 e. The Kier molecular flexibility index (Phi) is 5.55. The van der Waals surface area contributed by atoms with Crippen molar-refractivity contribution in [3.8, 4) is 0 Å². The highest BCUT2D eigenvalue weighted by Gasteiger charge is 2.64. The summed E-state index contributed by atoms with van der Waals surface area (Å²) in [6, 6.07) is 2.59. The van der Waals surface area contributed by atoms with Crippen molar-refractivity contribution in [2.75, 3.05) is 6.61 Å². The van der Waals surface area contributed by atoms with E-state index in [1.165, 1.54) is 5.69 Å². The number of nitrogens with one attached hydrogen (secondary N) is 1. The van der Waals surface area contributed by atoms with E-state index in [9.17, 15) is 9.66 Å². The van der Waals surface area contributed by atoms with E-state index in [1.807, 2.05) is 20.8 Å². The van der Waals surface area contributed by atoms with Crippen molar-refractivity contribution in [1.29, 1.82) is 0 Å². The van der Waals surface area contributed by atoms with Gasteiger partial charge in [0.25, 0.3) is 0 Å². The van der Waals surface area contributed by atoms with Crippen LogP contribution < -0.4 is 4.72 Å². The molecule has 0 spiro atoms. The smallest absolute Gasteiger partial charge is 0.136 e. The summed E-state index contributed by atoms with van der Waals surface area (Å²) in [5.41, 5.74) is 1.16. The van der Waals surface area contributed by atoms with Gasteiger partial charge < -0.3 is 9.66 Å². The van der Waals surface area contributed by atoms with Crippen molar-refractivity contribution < 1.29 is 9.66 Å². The number of fused-ring (bicyclic) bond motifs is 1. The fourth-order valence-corrected chi connectivity index (χ4v) is 5.89. The summed E-state index contributed by atoms with van der Waals surface area (Å²) >= 11 is 1.19. The van der Waals surface area contributed by atoms with Gasteiger partial charge in [-0.05, 0) is 94.4 Å². The number of rotatable bonds is 6. The Hall–Kier alpha value is 0.170. The maximum atomic E-state index is 12.6. The molecule has 3 rings (SSSR count). The number of hydrogen-bond donors (Lipinski definition) is 2. The number of halogens is 1. The second-order valence-corrected chi connectivity index (χ2v) is 12.0. The molecule has 0 bridgehead atoms. The maximum absolute atomic E-state index is 12.6. The number of aliphatic hydroxyl groups is 1. The zero-order valence-corrected chi connectivity index (χ0v) is 18.7. The van der Waals surface area contributed by atoms with Crippen LogP contribution in [0.2, 0.25) is 0 Å². The SMILES string of the molecule is CC(C)n1nc(I)cc1[C@H]1[C@@H]2C[C@](CCO)(N[S+]([O-])C(C)(C)C)C[C@@H]21. The van der Waals surface area contributed by atoms with Crippen molar-refractivity contribution in [1.82, 2.24) is 14.5 Å². The quantitative estimate of drug-likeness (QED) is 0.485. The van der Waals surface area contributed by atoms with Gasteiger partial charge >= 0.3 is 0 Å². The third-order valence-electron chi connectivity index (χ3n) is 5.61. The number of aliphatic hydroxyl groups excluding tert-OH is 1. The molecule has 1 aromatic rings. The first-order chi connectivity index (χ1) is 11.6. The molecule has 1 aromatic heterocycles. The predicted molar refractivity (Wildman–Crippen MR) is 110 cm³/mol. The summed E-state index contributed by atoms with van der Waals surface area (Å²) < 4.78 is 19.0. The molecule has 0 aliphatic heterocycles. The molecule has 5 nitrogen and oxygen atoms in total. The first-order valence-corrected chi connectivity index (χ1v) is 11.4. The first kappa shape index (κ1) is 19.9. The number of nitrogens with zero attached hydrogens (tertiary/aromatic N) is 2. The highest BCUT2D eigenvalue weighted by Crippen LogP contribution is 2.66. The molecule has 142 valence electrons. The predicted octanol–water partition coefficient (Wildman–Crippen LogP) is 3.37. The van der Waals surface area contributed by atoms with Crippen LogP contribution in [0.15, 0.2) is 6.07 Å². The molecule has 7 heteroatoms.